The first-order valence-electron chi connectivity index (χ1n) is 8.02. The van der Waals surface area contributed by atoms with Crippen LogP contribution in [0.15, 0.2) is 58.3 Å². The second-order valence-electron chi connectivity index (χ2n) is 6.37. The maximum atomic E-state index is 12.7. The van der Waals surface area contributed by atoms with Crippen LogP contribution in [0.2, 0.25) is 0 Å². The average Bonchev–Trinajstić information content (AvgIpc) is 2.90. The SMILES string of the molecule is O=C1c2ccc(S(=O)(=O)[O-])cc2C(=O)C1c1ccc2cc(S(=O)(=O)[O-])ccc2n1.[Na+].[Na+]. The fraction of sp³-hybridized carbons (Fsp3) is 0.0556. The summed E-state index contributed by atoms with van der Waals surface area (Å²) in [4.78, 5) is 28.6. The molecule has 0 amide bonds. The molecule has 4 rings (SSSR count). The van der Waals surface area contributed by atoms with E-state index in [9.17, 15) is 35.5 Å². The van der Waals surface area contributed by atoms with E-state index in [4.69, 9.17) is 0 Å². The molecule has 1 aliphatic rings. The molecule has 0 spiro atoms. The van der Waals surface area contributed by atoms with Crippen molar-refractivity contribution in [2.45, 2.75) is 15.7 Å². The number of hydrogen-bond acceptors (Lipinski definition) is 9. The summed E-state index contributed by atoms with van der Waals surface area (Å²) in [7, 11) is -9.45. The number of hydrogen-bond donors (Lipinski definition) is 0. The third kappa shape index (κ3) is 4.86. The van der Waals surface area contributed by atoms with Gasteiger partial charge in [-0.3, -0.25) is 14.6 Å². The molecule has 2 aromatic carbocycles. The van der Waals surface area contributed by atoms with E-state index in [0.29, 0.717) is 5.39 Å². The van der Waals surface area contributed by atoms with Crippen molar-refractivity contribution in [3.63, 3.8) is 0 Å². The number of carbonyl (C=O) groups is 2. The Morgan fingerprint density at radius 2 is 1.26 bits per heavy atom. The molecule has 31 heavy (non-hydrogen) atoms. The minimum Gasteiger partial charge on any atom is -0.744 e. The van der Waals surface area contributed by atoms with Gasteiger partial charge >= 0.3 is 59.1 Å². The van der Waals surface area contributed by atoms with Crippen molar-refractivity contribution in [1.29, 1.82) is 0 Å². The molecule has 13 heteroatoms. The van der Waals surface area contributed by atoms with Gasteiger partial charge in [-0.05, 0) is 42.5 Å². The zero-order chi connectivity index (χ0) is 21.1. The van der Waals surface area contributed by atoms with E-state index >= 15 is 0 Å². The number of pyridine rings is 1. The number of ketones is 2. The van der Waals surface area contributed by atoms with Gasteiger partial charge in [-0.2, -0.15) is 0 Å². The van der Waals surface area contributed by atoms with E-state index in [1.54, 1.807) is 0 Å². The van der Waals surface area contributed by atoms with Crippen molar-refractivity contribution in [2.24, 2.45) is 0 Å². The summed E-state index contributed by atoms with van der Waals surface area (Å²) < 4.78 is 67.0. The minimum absolute atomic E-state index is 0. The zero-order valence-corrected chi connectivity index (χ0v) is 21.9. The van der Waals surface area contributed by atoms with E-state index in [1.807, 2.05) is 0 Å². The van der Waals surface area contributed by atoms with Crippen molar-refractivity contribution in [2.75, 3.05) is 0 Å². The van der Waals surface area contributed by atoms with Gasteiger partial charge < -0.3 is 9.11 Å². The van der Waals surface area contributed by atoms with Crippen LogP contribution in [-0.4, -0.2) is 42.5 Å². The summed E-state index contributed by atoms with van der Waals surface area (Å²) in [5.74, 6) is -2.60. The van der Waals surface area contributed by atoms with Gasteiger partial charge in [0.05, 0.1) is 21.0 Å². The van der Waals surface area contributed by atoms with Crippen LogP contribution < -0.4 is 59.1 Å². The van der Waals surface area contributed by atoms with Crippen LogP contribution in [0.4, 0.5) is 0 Å². The second kappa shape index (κ2) is 9.10. The fourth-order valence-electron chi connectivity index (χ4n) is 3.23. The van der Waals surface area contributed by atoms with Gasteiger partial charge in [-0.15, -0.1) is 0 Å². The van der Waals surface area contributed by atoms with Crippen molar-refractivity contribution < 1.29 is 94.6 Å². The van der Waals surface area contributed by atoms with E-state index in [2.05, 4.69) is 4.98 Å². The maximum Gasteiger partial charge on any atom is 1.00 e. The Kier molecular flexibility index (Phi) is 7.71. The third-order valence-electron chi connectivity index (χ3n) is 4.60. The van der Waals surface area contributed by atoms with Crippen molar-refractivity contribution in [3.8, 4) is 0 Å². The quantitative estimate of drug-likeness (QED) is 0.205. The predicted octanol–water partition coefficient (Wildman–Crippen LogP) is -4.79. The van der Waals surface area contributed by atoms with Gasteiger partial charge in [0.2, 0.25) is 0 Å². The van der Waals surface area contributed by atoms with E-state index in [0.717, 1.165) is 30.3 Å². The molecule has 148 valence electrons. The molecular formula is C18H9NNa2O8S2. The molecule has 3 aromatic rings. The summed E-state index contributed by atoms with van der Waals surface area (Å²) >= 11 is 0. The van der Waals surface area contributed by atoms with Gasteiger partial charge in [0.15, 0.2) is 11.6 Å². The van der Waals surface area contributed by atoms with Crippen LogP contribution in [0.1, 0.15) is 32.3 Å². The number of nitrogens with zero attached hydrogens (tertiary/aromatic N) is 1. The van der Waals surface area contributed by atoms with E-state index in [1.165, 1.54) is 18.2 Å². The second-order valence-corrected chi connectivity index (χ2v) is 9.13. The normalized spacial score (nSPS) is 15.9. The van der Waals surface area contributed by atoms with Crippen LogP contribution >= 0.6 is 0 Å². The molecule has 0 aliphatic heterocycles. The summed E-state index contributed by atoms with van der Waals surface area (Å²) in [6, 6.07) is 9.21. The van der Waals surface area contributed by atoms with Gasteiger partial charge in [0.1, 0.15) is 26.2 Å². The standard InChI is InChI=1S/C18H11NO8S2.2Na/c20-17-12-4-2-11(29(25,26)27)8-13(12)18(21)16(17)15-5-1-9-7-10(28(22,23)24)3-6-14(9)19-15;;/h1-8,16H,(H,22,23,24)(H,25,26,27);;/q;2*+1/p-2. The Bertz CT molecular complexity index is 1450. The Morgan fingerprint density at radius 3 is 1.87 bits per heavy atom. The Morgan fingerprint density at radius 1 is 0.710 bits per heavy atom. The van der Waals surface area contributed by atoms with Crippen LogP contribution in [0.5, 0.6) is 0 Å². The van der Waals surface area contributed by atoms with E-state index in [-0.39, 0.29) is 81.5 Å². The van der Waals surface area contributed by atoms with E-state index < -0.39 is 47.5 Å². The first-order chi connectivity index (χ1) is 13.5. The zero-order valence-electron chi connectivity index (χ0n) is 16.2. The fourth-order valence-corrected chi connectivity index (χ4v) is 4.23. The van der Waals surface area contributed by atoms with Gasteiger partial charge in [-0.25, -0.2) is 16.8 Å². The van der Waals surface area contributed by atoms with Crippen molar-refractivity contribution in [3.05, 3.63) is 65.4 Å². The summed E-state index contributed by atoms with van der Waals surface area (Å²) in [6.07, 6.45) is 0. The summed E-state index contributed by atoms with van der Waals surface area (Å²) in [5.41, 5.74) is 0.149. The average molecular weight is 477 g/mol. The molecular weight excluding hydrogens is 468 g/mol. The number of rotatable bonds is 3. The van der Waals surface area contributed by atoms with Crippen molar-refractivity contribution >= 4 is 42.7 Å². The molecule has 0 bridgehead atoms. The molecule has 1 unspecified atom stereocenters. The summed E-state index contributed by atoms with van der Waals surface area (Å²) in [6.45, 7) is 0. The molecule has 0 radical (unpaired) electrons. The molecule has 9 nitrogen and oxygen atoms in total. The number of Topliss-reactive ketones (excluding diaryl/α,β-unsaturated/α-hetero) is 2. The smallest absolute Gasteiger partial charge is 0.744 e. The first-order valence-corrected chi connectivity index (χ1v) is 10.8. The summed E-state index contributed by atoms with van der Waals surface area (Å²) in [5, 5.41) is 0.320. The molecule has 0 saturated carbocycles. The van der Waals surface area contributed by atoms with Gasteiger partial charge in [0, 0.05) is 16.5 Å². The monoisotopic (exact) mass is 477 g/mol. The Balaban J connectivity index is 0.00000171. The Labute approximate surface area is 221 Å². The number of fused-ring (bicyclic) bond motifs is 2. The van der Waals surface area contributed by atoms with Crippen LogP contribution in [-0.2, 0) is 20.2 Å². The predicted molar refractivity (Wildman–Crippen MR) is 95.5 cm³/mol. The number of carbonyl (C=O) groups excluding carboxylic acids is 2. The van der Waals surface area contributed by atoms with Crippen LogP contribution in [0.3, 0.4) is 0 Å². The van der Waals surface area contributed by atoms with Crippen molar-refractivity contribution in [1.82, 2.24) is 4.98 Å². The van der Waals surface area contributed by atoms with Gasteiger partial charge in [0.25, 0.3) is 0 Å². The molecule has 1 heterocycles. The number of benzene rings is 2. The molecule has 0 saturated heterocycles. The largest absolute Gasteiger partial charge is 1.00 e. The minimum atomic E-state index is -4.80. The van der Waals surface area contributed by atoms with Crippen LogP contribution in [0.25, 0.3) is 10.9 Å². The molecule has 1 atom stereocenters. The molecule has 1 aromatic heterocycles. The van der Waals surface area contributed by atoms with Crippen LogP contribution in [0, 0.1) is 0 Å². The number of aromatic nitrogens is 1. The molecule has 0 N–H and O–H groups in total. The third-order valence-corrected chi connectivity index (χ3v) is 6.26. The maximum absolute atomic E-state index is 12.7. The van der Waals surface area contributed by atoms with Gasteiger partial charge in [-0.1, -0.05) is 6.07 Å². The topological polar surface area (TPSA) is 161 Å². The first kappa shape index (κ1) is 26.3. The Hall–Kier alpha value is -0.990. The molecule has 0 fully saturated rings. The molecule has 1 aliphatic carbocycles.